The first-order chi connectivity index (χ1) is 6.84. The molecule has 82 valence electrons. The first-order valence-corrected chi connectivity index (χ1v) is 5.94. The van der Waals surface area contributed by atoms with Gasteiger partial charge < -0.3 is 15.4 Å². The highest BCUT2D eigenvalue weighted by atomic mass is 16.5. The third kappa shape index (κ3) is 2.94. The predicted molar refractivity (Wildman–Crippen MR) is 57.2 cm³/mol. The van der Waals surface area contributed by atoms with Crippen LogP contribution >= 0.6 is 0 Å². The minimum atomic E-state index is 0.395. The van der Waals surface area contributed by atoms with Crippen LogP contribution in [0.3, 0.4) is 0 Å². The van der Waals surface area contributed by atoms with Crippen LogP contribution in [0.4, 0.5) is 0 Å². The van der Waals surface area contributed by atoms with Crippen molar-refractivity contribution in [2.45, 2.75) is 44.2 Å². The van der Waals surface area contributed by atoms with Gasteiger partial charge in [0.05, 0.1) is 12.7 Å². The maximum atomic E-state index is 5.83. The molecule has 1 saturated heterocycles. The van der Waals surface area contributed by atoms with E-state index in [9.17, 15) is 0 Å². The second kappa shape index (κ2) is 5.10. The lowest BCUT2D eigenvalue weighted by Crippen LogP contribution is -2.26. The number of nitrogens with zero attached hydrogens (tertiary/aromatic N) is 1. The first kappa shape index (κ1) is 10.4. The Labute approximate surface area is 86.6 Å². The second-order valence-corrected chi connectivity index (χ2v) is 4.61. The summed E-state index contributed by atoms with van der Waals surface area (Å²) in [5.41, 5.74) is 5.83. The summed E-state index contributed by atoms with van der Waals surface area (Å²) in [5.74, 6) is 0. The molecule has 2 N–H and O–H groups in total. The van der Waals surface area contributed by atoms with E-state index in [1.807, 2.05) is 0 Å². The van der Waals surface area contributed by atoms with E-state index in [1.54, 1.807) is 0 Å². The van der Waals surface area contributed by atoms with E-state index < -0.39 is 0 Å². The van der Waals surface area contributed by atoms with E-state index in [2.05, 4.69) is 4.90 Å². The van der Waals surface area contributed by atoms with Crippen molar-refractivity contribution in [2.75, 3.05) is 26.2 Å². The van der Waals surface area contributed by atoms with Crippen molar-refractivity contribution in [2.24, 2.45) is 5.73 Å². The van der Waals surface area contributed by atoms with E-state index in [0.29, 0.717) is 12.1 Å². The summed E-state index contributed by atoms with van der Waals surface area (Å²) in [7, 11) is 0. The molecule has 0 amide bonds. The molecule has 0 aromatic rings. The molecule has 0 bridgehead atoms. The highest BCUT2D eigenvalue weighted by Crippen LogP contribution is 2.20. The average Bonchev–Trinajstić information content (AvgIpc) is 2.77. The van der Waals surface area contributed by atoms with E-state index in [1.165, 1.54) is 32.4 Å². The molecular weight excluding hydrogens is 176 g/mol. The van der Waals surface area contributed by atoms with Crippen molar-refractivity contribution in [3.05, 3.63) is 0 Å². The zero-order valence-corrected chi connectivity index (χ0v) is 8.95. The number of hydrogen-bond donors (Lipinski definition) is 1. The summed E-state index contributed by atoms with van der Waals surface area (Å²) >= 11 is 0. The first-order valence-electron chi connectivity index (χ1n) is 5.94. The summed E-state index contributed by atoms with van der Waals surface area (Å²) in [6.07, 6.45) is 6.57. The Bertz CT molecular complexity index is 169. The van der Waals surface area contributed by atoms with Crippen LogP contribution in [0.25, 0.3) is 0 Å². The van der Waals surface area contributed by atoms with Gasteiger partial charge >= 0.3 is 0 Å². The minimum Gasteiger partial charge on any atom is -0.377 e. The molecule has 2 atom stereocenters. The van der Waals surface area contributed by atoms with Crippen LogP contribution in [0.1, 0.15) is 32.1 Å². The van der Waals surface area contributed by atoms with Crippen LogP contribution < -0.4 is 5.73 Å². The van der Waals surface area contributed by atoms with Gasteiger partial charge in [0.15, 0.2) is 0 Å². The average molecular weight is 198 g/mol. The van der Waals surface area contributed by atoms with Crippen LogP contribution in [0.15, 0.2) is 0 Å². The summed E-state index contributed by atoms with van der Waals surface area (Å²) in [4.78, 5) is 2.49. The van der Waals surface area contributed by atoms with Gasteiger partial charge in [-0.2, -0.15) is 0 Å². The Kier molecular flexibility index (Phi) is 3.79. The van der Waals surface area contributed by atoms with Gasteiger partial charge in [0.25, 0.3) is 0 Å². The number of nitrogens with two attached hydrogens (primary N) is 1. The second-order valence-electron chi connectivity index (χ2n) is 4.61. The minimum absolute atomic E-state index is 0.395. The van der Waals surface area contributed by atoms with Crippen LogP contribution in [0, 0.1) is 0 Å². The zero-order valence-electron chi connectivity index (χ0n) is 8.95. The van der Waals surface area contributed by atoms with Gasteiger partial charge in [0.2, 0.25) is 0 Å². The summed E-state index contributed by atoms with van der Waals surface area (Å²) in [6.45, 7) is 4.56. The number of ether oxygens (including phenoxy) is 1. The van der Waals surface area contributed by atoms with Crippen molar-refractivity contribution < 1.29 is 4.74 Å². The Hall–Kier alpha value is -0.120. The maximum absolute atomic E-state index is 5.83. The molecule has 0 spiro atoms. The largest absolute Gasteiger partial charge is 0.377 e. The quantitative estimate of drug-likeness (QED) is 0.732. The molecule has 1 aliphatic heterocycles. The SMILES string of the molecule is NC1CCC(OCCN2CCCC2)C1. The molecule has 1 aliphatic carbocycles. The Balaban J connectivity index is 1.54. The fraction of sp³-hybridized carbons (Fsp3) is 1.00. The molecule has 1 heterocycles. The third-order valence-electron chi connectivity index (χ3n) is 3.38. The number of rotatable bonds is 4. The molecular formula is C11H22N2O. The topological polar surface area (TPSA) is 38.5 Å². The fourth-order valence-corrected chi connectivity index (χ4v) is 2.48. The fourth-order valence-electron chi connectivity index (χ4n) is 2.48. The van der Waals surface area contributed by atoms with Gasteiger partial charge in [-0.05, 0) is 45.2 Å². The van der Waals surface area contributed by atoms with Crippen LogP contribution in [0.2, 0.25) is 0 Å². The predicted octanol–water partition coefficient (Wildman–Crippen LogP) is 0.979. The zero-order chi connectivity index (χ0) is 9.80. The normalized spacial score (nSPS) is 34.1. The monoisotopic (exact) mass is 198 g/mol. The lowest BCUT2D eigenvalue weighted by Gasteiger charge is -2.17. The maximum Gasteiger partial charge on any atom is 0.0597 e. The summed E-state index contributed by atoms with van der Waals surface area (Å²) in [5, 5.41) is 0. The molecule has 1 saturated carbocycles. The van der Waals surface area contributed by atoms with Gasteiger partial charge in [0.1, 0.15) is 0 Å². The standard InChI is InChI=1S/C11H22N2O/c12-10-3-4-11(9-10)14-8-7-13-5-1-2-6-13/h10-11H,1-9,12H2. The number of likely N-dealkylation sites (tertiary alicyclic amines) is 1. The lowest BCUT2D eigenvalue weighted by atomic mass is 10.3. The molecule has 3 heteroatoms. The van der Waals surface area contributed by atoms with E-state index in [-0.39, 0.29) is 0 Å². The Morgan fingerprint density at radius 1 is 1.21 bits per heavy atom. The van der Waals surface area contributed by atoms with Gasteiger partial charge in [0, 0.05) is 12.6 Å². The van der Waals surface area contributed by atoms with E-state index in [4.69, 9.17) is 10.5 Å². The molecule has 14 heavy (non-hydrogen) atoms. The van der Waals surface area contributed by atoms with Crippen molar-refractivity contribution in [3.63, 3.8) is 0 Å². The van der Waals surface area contributed by atoms with Crippen molar-refractivity contribution in [1.82, 2.24) is 4.90 Å². The smallest absolute Gasteiger partial charge is 0.0597 e. The molecule has 2 rings (SSSR count). The highest BCUT2D eigenvalue weighted by molar-refractivity contribution is 4.78. The van der Waals surface area contributed by atoms with Gasteiger partial charge in [-0.1, -0.05) is 0 Å². The van der Waals surface area contributed by atoms with Crippen molar-refractivity contribution in [3.8, 4) is 0 Å². The molecule has 3 nitrogen and oxygen atoms in total. The Morgan fingerprint density at radius 3 is 2.64 bits per heavy atom. The highest BCUT2D eigenvalue weighted by Gasteiger charge is 2.22. The molecule has 2 fully saturated rings. The van der Waals surface area contributed by atoms with Crippen LogP contribution in [0.5, 0.6) is 0 Å². The number of hydrogen-bond acceptors (Lipinski definition) is 3. The van der Waals surface area contributed by atoms with Crippen LogP contribution in [-0.4, -0.2) is 43.3 Å². The summed E-state index contributed by atoms with van der Waals surface area (Å²) < 4.78 is 5.81. The van der Waals surface area contributed by atoms with Gasteiger partial charge in [-0.3, -0.25) is 0 Å². The molecule has 2 aliphatic rings. The molecule has 0 aromatic carbocycles. The van der Waals surface area contributed by atoms with E-state index in [0.717, 1.165) is 26.0 Å². The van der Waals surface area contributed by atoms with Crippen molar-refractivity contribution >= 4 is 0 Å². The lowest BCUT2D eigenvalue weighted by molar-refractivity contribution is 0.0447. The Morgan fingerprint density at radius 2 is 2.00 bits per heavy atom. The summed E-state index contributed by atoms with van der Waals surface area (Å²) in [6, 6.07) is 0.395. The van der Waals surface area contributed by atoms with Gasteiger partial charge in [-0.25, -0.2) is 0 Å². The van der Waals surface area contributed by atoms with Crippen molar-refractivity contribution in [1.29, 1.82) is 0 Å². The van der Waals surface area contributed by atoms with E-state index >= 15 is 0 Å². The molecule has 0 radical (unpaired) electrons. The molecule has 0 aromatic heterocycles. The van der Waals surface area contributed by atoms with Gasteiger partial charge in [-0.15, -0.1) is 0 Å². The van der Waals surface area contributed by atoms with Crippen LogP contribution in [-0.2, 0) is 4.74 Å². The molecule has 2 unspecified atom stereocenters. The third-order valence-corrected chi connectivity index (χ3v) is 3.38.